The van der Waals surface area contributed by atoms with Crippen LogP contribution in [0.25, 0.3) is 17.3 Å². The van der Waals surface area contributed by atoms with Gasteiger partial charge in [0, 0.05) is 24.0 Å². The monoisotopic (exact) mass is 312 g/mol. The first-order valence-electron chi connectivity index (χ1n) is 7.15. The van der Waals surface area contributed by atoms with Crippen LogP contribution in [0.15, 0.2) is 35.4 Å². The minimum absolute atomic E-state index is 0.0508. The van der Waals surface area contributed by atoms with Crippen LogP contribution in [-0.4, -0.2) is 36.6 Å². The Bertz CT molecular complexity index is 836. The molecule has 0 unspecified atom stereocenters. The quantitative estimate of drug-likeness (QED) is 0.788. The number of amides is 1. The van der Waals surface area contributed by atoms with Gasteiger partial charge in [0.15, 0.2) is 5.82 Å². The molecule has 0 bridgehead atoms. The van der Waals surface area contributed by atoms with Gasteiger partial charge in [-0.25, -0.2) is 9.97 Å². The summed E-state index contributed by atoms with van der Waals surface area (Å²) in [6.45, 7) is 5.54. The molecular formula is C15H16N6O2. The summed E-state index contributed by atoms with van der Waals surface area (Å²) >= 11 is 0. The van der Waals surface area contributed by atoms with Crippen molar-refractivity contribution in [1.82, 2.24) is 30.0 Å². The summed E-state index contributed by atoms with van der Waals surface area (Å²) in [5, 5.41) is 6.57. The predicted molar refractivity (Wildman–Crippen MR) is 82.0 cm³/mol. The van der Waals surface area contributed by atoms with Crippen LogP contribution >= 0.6 is 0 Å². The molecule has 0 spiro atoms. The average molecular weight is 312 g/mol. The van der Waals surface area contributed by atoms with Crippen LogP contribution in [0.1, 0.15) is 30.2 Å². The third kappa shape index (κ3) is 3.25. The summed E-state index contributed by atoms with van der Waals surface area (Å²) in [7, 11) is 0. The van der Waals surface area contributed by atoms with Gasteiger partial charge in [-0.05, 0) is 32.9 Å². The highest BCUT2D eigenvalue weighted by Gasteiger charge is 2.13. The highest BCUT2D eigenvalue weighted by Crippen LogP contribution is 2.19. The second-order valence-corrected chi connectivity index (χ2v) is 5.34. The van der Waals surface area contributed by atoms with E-state index in [1.54, 1.807) is 42.3 Å². The van der Waals surface area contributed by atoms with Crippen molar-refractivity contribution >= 4 is 5.91 Å². The largest absolute Gasteiger partial charge is 0.348 e. The average Bonchev–Trinajstić information content (AvgIpc) is 3.15. The number of nitrogens with zero attached hydrogens (tertiary/aromatic N) is 5. The van der Waals surface area contributed by atoms with Crippen LogP contribution in [-0.2, 0) is 0 Å². The Kier molecular flexibility index (Phi) is 3.88. The van der Waals surface area contributed by atoms with E-state index in [1.165, 1.54) is 0 Å². The molecule has 0 atom stereocenters. The van der Waals surface area contributed by atoms with Crippen LogP contribution in [0.3, 0.4) is 0 Å². The van der Waals surface area contributed by atoms with Gasteiger partial charge in [0.2, 0.25) is 0 Å². The van der Waals surface area contributed by atoms with Crippen LogP contribution in [0.5, 0.6) is 0 Å². The molecule has 118 valence electrons. The maximum Gasteiger partial charge on any atom is 0.271 e. The molecule has 0 saturated carbocycles. The molecule has 0 aromatic carbocycles. The van der Waals surface area contributed by atoms with Crippen molar-refractivity contribution < 1.29 is 9.32 Å². The summed E-state index contributed by atoms with van der Waals surface area (Å²) in [5.41, 5.74) is 1.08. The number of pyridine rings is 1. The van der Waals surface area contributed by atoms with Crippen molar-refractivity contribution in [1.29, 1.82) is 0 Å². The number of aryl methyl sites for hydroxylation is 1. The van der Waals surface area contributed by atoms with E-state index < -0.39 is 0 Å². The van der Waals surface area contributed by atoms with Gasteiger partial charge in [-0.3, -0.25) is 9.36 Å². The van der Waals surface area contributed by atoms with Crippen molar-refractivity contribution in [3.8, 4) is 17.3 Å². The van der Waals surface area contributed by atoms with Crippen molar-refractivity contribution in [2.75, 3.05) is 0 Å². The molecule has 3 aromatic rings. The molecule has 0 aliphatic carbocycles. The lowest BCUT2D eigenvalue weighted by Crippen LogP contribution is -2.30. The third-order valence-corrected chi connectivity index (χ3v) is 3.02. The van der Waals surface area contributed by atoms with Gasteiger partial charge in [0.05, 0.1) is 0 Å². The SMILES string of the molecule is Cc1noc(-c2ccnc(-n3cnc(C(=O)NC(C)C)c3)c2)n1. The van der Waals surface area contributed by atoms with Gasteiger partial charge in [-0.2, -0.15) is 4.98 Å². The van der Waals surface area contributed by atoms with Crippen molar-refractivity contribution in [3.05, 3.63) is 42.4 Å². The number of hydrogen-bond donors (Lipinski definition) is 1. The minimum atomic E-state index is -0.220. The molecule has 0 saturated heterocycles. The smallest absolute Gasteiger partial charge is 0.271 e. The minimum Gasteiger partial charge on any atom is -0.348 e. The zero-order valence-corrected chi connectivity index (χ0v) is 13.0. The molecule has 23 heavy (non-hydrogen) atoms. The van der Waals surface area contributed by atoms with Gasteiger partial charge in [-0.15, -0.1) is 0 Å². The van der Waals surface area contributed by atoms with E-state index in [-0.39, 0.29) is 11.9 Å². The Labute approximate surface area is 132 Å². The topological polar surface area (TPSA) is 98.7 Å². The zero-order chi connectivity index (χ0) is 16.4. The lowest BCUT2D eigenvalue weighted by molar-refractivity contribution is 0.0938. The second-order valence-electron chi connectivity index (χ2n) is 5.34. The summed E-state index contributed by atoms with van der Waals surface area (Å²) in [6.07, 6.45) is 4.81. The highest BCUT2D eigenvalue weighted by molar-refractivity contribution is 5.92. The Hall–Kier alpha value is -3.03. The number of imidazole rings is 1. The standard InChI is InChI=1S/C15H16N6O2/c1-9(2)18-14(22)12-7-21(8-17-12)13-6-11(4-5-16-13)15-19-10(3)20-23-15/h4-9H,1-3H3,(H,18,22). The molecule has 1 N–H and O–H groups in total. The van der Waals surface area contributed by atoms with E-state index in [0.29, 0.717) is 23.2 Å². The summed E-state index contributed by atoms with van der Waals surface area (Å²) in [4.78, 5) is 24.5. The normalized spacial score (nSPS) is 11.0. The number of carbonyl (C=O) groups is 1. The third-order valence-electron chi connectivity index (χ3n) is 3.02. The maximum atomic E-state index is 12.0. The molecule has 0 aliphatic rings. The van der Waals surface area contributed by atoms with Gasteiger partial charge >= 0.3 is 0 Å². The number of nitrogens with one attached hydrogen (secondary N) is 1. The molecule has 3 heterocycles. The number of carbonyl (C=O) groups excluding carboxylic acids is 1. The summed E-state index contributed by atoms with van der Waals surface area (Å²) in [6, 6.07) is 3.62. The second kappa shape index (κ2) is 5.99. The predicted octanol–water partition coefficient (Wildman–Crippen LogP) is 1.76. The maximum absolute atomic E-state index is 12.0. The van der Waals surface area contributed by atoms with Crippen molar-refractivity contribution in [2.24, 2.45) is 0 Å². The summed E-state index contributed by atoms with van der Waals surface area (Å²) < 4.78 is 6.82. The number of hydrogen-bond acceptors (Lipinski definition) is 6. The Morgan fingerprint density at radius 2 is 2.17 bits per heavy atom. The Morgan fingerprint density at radius 3 is 2.87 bits per heavy atom. The van der Waals surface area contributed by atoms with Crippen molar-refractivity contribution in [3.63, 3.8) is 0 Å². The van der Waals surface area contributed by atoms with Crippen LogP contribution < -0.4 is 5.32 Å². The number of rotatable bonds is 4. The molecule has 8 heteroatoms. The van der Waals surface area contributed by atoms with E-state index in [0.717, 1.165) is 5.56 Å². The fraction of sp³-hybridized carbons (Fsp3) is 0.267. The first-order valence-corrected chi connectivity index (χ1v) is 7.15. The van der Waals surface area contributed by atoms with Gasteiger partial charge < -0.3 is 9.84 Å². The van der Waals surface area contributed by atoms with E-state index in [2.05, 4.69) is 25.4 Å². The first kappa shape index (κ1) is 14.9. The van der Waals surface area contributed by atoms with Gasteiger partial charge in [0.1, 0.15) is 17.8 Å². The van der Waals surface area contributed by atoms with E-state index in [1.807, 2.05) is 13.8 Å². The van der Waals surface area contributed by atoms with Crippen molar-refractivity contribution in [2.45, 2.75) is 26.8 Å². The molecular weight excluding hydrogens is 296 g/mol. The molecule has 8 nitrogen and oxygen atoms in total. The zero-order valence-electron chi connectivity index (χ0n) is 13.0. The molecule has 3 aromatic heterocycles. The first-order chi connectivity index (χ1) is 11.0. The fourth-order valence-electron chi connectivity index (χ4n) is 2.01. The van der Waals surface area contributed by atoms with E-state index >= 15 is 0 Å². The Morgan fingerprint density at radius 1 is 1.35 bits per heavy atom. The molecule has 3 rings (SSSR count). The van der Waals surface area contributed by atoms with Crippen LogP contribution in [0.4, 0.5) is 0 Å². The summed E-state index contributed by atoms with van der Waals surface area (Å²) in [5.74, 6) is 1.37. The lowest BCUT2D eigenvalue weighted by Gasteiger charge is -2.05. The lowest BCUT2D eigenvalue weighted by atomic mass is 10.2. The van der Waals surface area contributed by atoms with E-state index in [9.17, 15) is 4.79 Å². The van der Waals surface area contributed by atoms with Crippen LogP contribution in [0.2, 0.25) is 0 Å². The number of aromatic nitrogens is 5. The van der Waals surface area contributed by atoms with Crippen LogP contribution in [0, 0.1) is 6.92 Å². The highest BCUT2D eigenvalue weighted by atomic mass is 16.5. The van der Waals surface area contributed by atoms with Gasteiger partial charge in [0.25, 0.3) is 11.8 Å². The molecule has 0 radical (unpaired) electrons. The molecule has 0 fully saturated rings. The Balaban J connectivity index is 1.88. The fourth-order valence-corrected chi connectivity index (χ4v) is 2.01. The molecule has 0 aliphatic heterocycles. The molecule has 1 amide bonds. The van der Waals surface area contributed by atoms with Gasteiger partial charge in [-0.1, -0.05) is 5.16 Å². The van der Waals surface area contributed by atoms with E-state index in [4.69, 9.17) is 4.52 Å².